The van der Waals surface area contributed by atoms with E-state index in [4.69, 9.17) is 10.5 Å². The molecule has 1 aliphatic heterocycles. The van der Waals surface area contributed by atoms with E-state index in [1.165, 1.54) is 0 Å². The Hall–Kier alpha value is -3.95. The lowest BCUT2D eigenvalue weighted by Crippen LogP contribution is -2.38. The first kappa shape index (κ1) is 29.0. The number of aromatic nitrogens is 2. The Morgan fingerprint density at radius 3 is 2.12 bits per heavy atom. The highest BCUT2D eigenvalue weighted by molar-refractivity contribution is 5.96. The lowest BCUT2D eigenvalue weighted by Gasteiger charge is -2.18. The second kappa shape index (κ2) is 10.6. The fraction of sp³-hybridized carbons (Fsp3) is 0.375. The van der Waals surface area contributed by atoms with Crippen LogP contribution in [-0.2, 0) is 35.2 Å². The number of primary amides is 1. The number of urea groups is 1. The number of halogens is 8. The summed E-state index contributed by atoms with van der Waals surface area (Å²) in [6.07, 6.45) is -5.78. The maximum atomic E-state index is 14.6. The summed E-state index contributed by atoms with van der Waals surface area (Å²) in [7, 11) is 0.891. The Bertz CT molecular complexity index is 1550. The van der Waals surface area contributed by atoms with Gasteiger partial charge in [-0.25, -0.2) is 31.5 Å². The molecule has 0 bridgehead atoms. The number of imidazole rings is 1. The maximum Gasteiger partial charge on any atom is 0.416 e. The Balaban J connectivity index is 2.04. The SMILES string of the molecule is CN(C(N)=O)C(=O)Cc1c(C(F)(F)F)ccc2c1n(Cc1c(F)c(F)c(F)c(F)c1F)c(=O)n2CC1CCCO1. The van der Waals surface area contributed by atoms with Crippen LogP contribution in [0, 0.1) is 29.1 Å². The number of likely N-dealkylation sites (N-methyl/N-ethyl adjacent to an activating group) is 1. The molecular weight excluding hydrogens is 560 g/mol. The van der Waals surface area contributed by atoms with E-state index in [9.17, 15) is 49.5 Å². The third-order valence-electron chi connectivity index (χ3n) is 6.65. The average molecular weight is 580 g/mol. The Kier molecular flexibility index (Phi) is 7.66. The Morgan fingerprint density at radius 2 is 1.60 bits per heavy atom. The lowest BCUT2D eigenvalue weighted by molar-refractivity contribution is -0.138. The topological polar surface area (TPSA) is 99.6 Å². The van der Waals surface area contributed by atoms with Crippen LogP contribution in [0.1, 0.15) is 29.5 Å². The van der Waals surface area contributed by atoms with Gasteiger partial charge in [-0.1, -0.05) is 0 Å². The number of carbonyl (C=O) groups excluding carboxylic acids is 2. The molecule has 40 heavy (non-hydrogen) atoms. The van der Waals surface area contributed by atoms with Crippen LogP contribution in [0.3, 0.4) is 0 Å². The van der Waals surface area contributed by atoms with Gasteiger partial charge in [0.05, 0.1) is 42.2 Å². The number of amides is 3. The summed E-state index contributed by atoms with van der Waals surface area (Å²) in [6.45, 7) is -1.27. The van der Waals surface area contributed by atoms with Crippen molar-refractivity contribution in [1.29, 1.82) is 0 Å². The second-order valence-corrected chi connectivity index (χ2v) is 9.09. The van der Waals surface area contributed by atoms with Crippen LogP contribution >= 0.6 is 0 Å². The molecule has 2 heterocycles. The largest absolute Gasteiger partial charge is 0.416 e. The predicted octanol–water partition coefficient (Wildman–Crippen LogP) is 3.82. The van der Waals surface area contributed by atoms with Crippen LogP contribution in [0.5, 0.6) is 0 Å². The van der Waals surface area contributed by atoms with E-state index in [2.05, 4.69) is 0 Å². The number of hydrogen-bond donors (Lipinski definition) is 1. The van der Waals surface area contributed by atoms with E-state index in [0.29, 0.717) is 35.0 Å². The van der Waals surface area contributed by atoms with Gasteiger partial charge < -0.3 is 10.5 Å². The molecule has 0 aliphatic carbocycles. The van der Waals surface area contributed by atoms with Gasteiger partial charge in [-0.2, -0.15) is 13.2 Å². The number of fused-ring (bicyclic) bond motifs is 1. The number of benzene rings is 2. The van der Waals surface area contributed by atoms with Gasteiger partial charge in [0, 0.05) is 19.2 Å². The summed E-state index contributed by atoms with van der Waals surface area (Å²) in [5.74, 6) is -12.9. The summed E-state index contributed by atoms with van der Waals surface area (Å²) in [5.41, 5.74) is -0.822. The predicted molar refractivity (Wildman–Crippen MR) is 122 cm³/mol. The van der Waals surface area contributed by atoms with E-state index in [0.717, 1.165) is 17.7 Å². The van der Waals surface area contributed by atoms with Gasteiger partial charge in [-0.15, -0.1) is 0 Å². The fourth-order valence-electron chi connectivity index (χ4n) is 4.59. The van der Waals surface area contributed by atoms with Gasteiger partial charge in [-0.05, 0) is 30.5 Å². The molecule has 3 aromatic rings. The summed E-state index contributed by atoms with van der Waals surface area (Å²) in [5, 5.41) is 0. The molecule has 8 nitrogen and oxygen atoms in total. The lowest BCUT2D eigenvalue weighted by atomic mass is 10.0. The highest BCUT2D eigenvalue weighted by Crippen LogP contribution is 2.37. The minimum absolute atomic E-state index is 0.223. The number of hydrogen-bond acceptors (Lipinski definition) is 4. The van der Waals surface area contributed by atoms with Crippen molar-refractivity contribution >= 4 is 23.0 Å². The minimum atomic E-state index is -5.13. The summed E-state index contributed by atoms with van der Waals surface area (Å²) in [6, 6.07) is 0.152. The molecular formula is C24H20F8N4O4. The van der Waals surface area contributed by atoms with Gasteiger partial charge in [0.2, 0.25) is 11.7 Å². The van der Waals surface area contributed by atoms with Crippen molar-refractivity contribution in [1.82, 2.24) is 14.0 Å². The quantitative estimate of drug-likeness (QED) is 0.272. The summed E-state index contributed by atoms with van der Waals surface area (Å²) < 4.78 is 120. The highest BCUT2D eigenvalue weighted by atomic mass is 19.4. The monoisotopic (exact) mass is 580 g/mol. The molecule has 1 fully saturated rings. The molecule has 4 rings (SSSR count). The average Bonchev–Trinajstić information content (AvgIpc) is 3.50. The van der Waals surface area contributed by atoms with Crippen LogP contribution in [-0.4, -0.2) is 45.7 Å². The standard InChI is InChI=1S/C24H20F8N4O4/c1-34(22(33)38)15(37)7-11-13(24(30,31)32)4-5-14-21(11)36(23(39)35(14)8-10-3-2-6-40-10)9-12-16(25)18(27)20(29)19(28)17(12)26/h4-5,10H,2-3,6-9H2,1H3,(H2,33,38). The number of nitrogens with two attached hydrogens (primary N) is 1. The van der Waals surface area contributed by atoms with Crippen molar-refractivity contribution < 1.29 is 49.4 Å². The first-order valence-corrected chi connectivity index (χ1v) is 11.6. The third kappa shape index (κ3) is 5.02. The molecule has 2 aromatic carbocycles. The Morgan fingerprint density at radius 1 is 1.00 bits per heavy atom. The molecule has 1 aliphatic rings. The fourth-order valence-corrected chi connectivity index (χ4v) is 4.59. The molecule has 1 saturated heterocycles. The smallest absolute Gasteiger partial charge is 0.376 e. The second-order valence-electron chi connectivity index (χ2n) is 9.09. The number of nitrogens with zero attached hydrogens (tertiary/aromatic N) is 3. The molecule has 1 aromatic heterocycles. The number of carbonyl (C=O) groups is 2. The molecule has 0 radical (unpaired) electrons. The maximum absolute atomic E-state index is 14.6. The molecule has 1 atom stereocenters. The van der Waals surface area contributed by atoms with Gasteiger partial charge in [0.25, 0.3) is 0 Å². The zero-order chi connectivity index (χ0) is 29.7. The zero-order valence-electron chi connectivity index (χ0n) is 20.6. The van der Waals surface area contributed by atoms with Gasteiger partial charge in [0.15, 0.2) is 23.3 Å². The van der Waals surface area contributed by atoms with E-state index in [-0.39, 0.29) is 12.1 Å². The first-order chi connectivity index (χ1) is 18.6. The molecule has 3 amide bonds. The van der Waals surface area contributed by atoms with Crippen LogP contribution in [0.15, 0.2) is 16.9 Å². The van der Waals surface area contributed by atoms with Crippen LogP contribution in [0.25, 0.3) is 11.0 Å². The van der Waals surface area contributed by atoms with Crippen molar-refractivity contribution in [3.63, 3.8) is 0 Å². The summed E-state index contributed by atoms with van der Waals surface area (Å²) >= 11 is 0. The molecule has 0 spiro atoms. The van der Waals surface area contributed by atoms with Crippen LogP contribution in [0.2, 0.25) is 0 Å². The van der Waals surface area contributed by atoms with E-state index >= 15 is 0 Å². The minimum Gasteiger partial charge on any atom is -0.376 e. The highest BCUT2D eigenvalue weighted by Gasteiger charge is 2.37. The number of rotatable bonds is 6. The summed E-state index contributed by atoms with van der Waals surface area (Å²) in [4.78, 5) is 37.9. The van der Waals surface area contributed by atoms with Gasteiger partial charge in [-0.3, -0.25) is 18.8 Å². The molecule has 1 unspecified atom stereocenters. The number of imide groups is 1. The number of ether oxygens (including phenoxy) is 1. The zero-order valence-corrected chi connectivity index (χ0v) is 20.6. The van der Waals surface area contributed by atoms with Crippen molar-refractivity contribution in [2.24, 2.45) is 5.73 Å². The van der Waals surface area contributed by atoms with Crippen LogP contribution < -0.4 is 11.4 Å². The third-order valence-corrected chi connectivity index (χ3v) is 6.65. The van der Waals surface area contributed by atoms with Gasteiger partial charge in [0.1, 0.15) is 0 Å². The van der Waals surface area contributed by atoms with Crippen molar-refractivity contribution in [2.45, 2.75) is 44.6 Å². The first-order valence-electron chi connectivity index (χ1n) is 11.6. The normalized spacial score (nSPS) is 15.7. The van der Waals surface area contributed by atoms with E-state index in [1.807, 2.05) is 0 Å². The van der Waals surface area contributed by atoms with Crippen LogP contribution in [0.4, 0.5) is 39.9 Å². The van der Waals surface area contributed by atoms with E-state index < -0.39 is 94.2 Å². The molecule has 2 N–H and O–H groups in total. The molecule has 16 heteroatoms. The van der Waals surface area contributed by atoms with E-state index in [1.54, 1.807) is 0 Å². The molecule has 0 saturated carbocycles. The number of alkyl halides is 3. The van der Waals surface area contributed by atoms with Crippen molar-refractivity contribution in [3.8, 4) is 0 Å². The van der Waals surface area contributed by atoms with Crippen molar-refractivity contribution in [2.75, 3.05) is 13.7 Å². The Labute approximate surface area is 219 Å². The van der Waals surface area contributed by atoms with Gasteiger partial charge >= 0.3 is 17.9 Å². The molecule has 216 valence electrons. The van der Waals surface area contributed by atoms with Crippen molar-refractivity contribution in [3.05, 3.63) is 68.4 Å².